The lowest BCUT2D eigenvalue weighted by atomic mass is 9.87. The Bertz CT molecular complexity index is 1410. The first-order chi connectivity index (χ1) is 21.4. The number of aromatic nitrogens is 1. The van der Waals surface area contributed by atoms with E-state index in [-0.39, 0.29) is 18.3 Å². The molecule has 0 amide bonds. The van der Waals surface area contributed by atoms with Gasteiger partial charge in [0.25, 0.3) is 8.32 Å². The Balaban J connectivity index is 1.99. The average molecular weight is 616 g/mol. The molecule has 6 heteroatoms. The van der Waals surface area contributed by atoms with Crippen molar-refractivity contribution in [1.82, 2.24) is 4.98 Å². The highest BCUT2D eigenvalue weighted by Crippen LogP contribution is 2.37. The molecule has 1 atom stereocenters. The summed E-state index contributed by atoms with van der Waals surface area (Å²) in [7, 11) is -1.71. The van der Waals surface area contributed by atoms with E-state index in [0.29, 0.717) is 19.4 Å². The van der Waals surface area contributed by atoms with Gasteiger partial charge in [-0.05, 0) is 64.4 Å². The van der Waals surface area contributed by atoms with Crippen molar-refractivity contribution in [1.29, 1.82) is 0 Å². The second kappa shape index (κ2) is 16.2. The zero-order valence-corrected chi connectivity index (χ0v) is 27.9. The second-order valence-corrected chi connectivity index (χ2v) is 15.4. The standard InChI is InChI=1S/C38H47F2NO2Si/c1-6-8-11-21-33-35(27-42-5)41-38(28(3)4)34(37(33)29-22-24-30(39)25-23-29)26-43-44(36(40)16-7-2,31-17-12-9-13-18-31)32-19-14-10-15-20-32/h9-10,12-15,17-20,22-25,28,36H,6-8,11,16,21,26-27H2,1-5H3. The molecule has 0 fully saturated rings. The highest BCUT2D eigenvalue weighted by molar-refractivity contribution is 6.98. The Morgan fingerprint density at radius 1 is 0.773 bits per heavy atom. The normalized spacial score (nSPS) is 12.5. The van der Waals surface area contributed by atoms with E-state index >= 15 is 4.39 Å². The smallest absolute Gasteiger partial charge is 0.290 e. The quantitative estimate of drug-likeness (QED) is 0.0932. The van der Waals surface area contributed by atoms with Crippen molar-refractivity contribution in [3.05, 3.63) is 113 Å². The zero-order chi connectivity index (χ0) is 31.5. The van der Waals surface area contributed by atoms with E-state index < -0.39 is 14.1 Å². The third-order valence-electron chi connectivity index (χ3n) is 8.34. The minimum atomic E-state index is -3.40. The van der Waals surface area contributed by atoms with Gasteiger partial charge in [0.2, 0.25) is 0 Å². The molecule has 44 heavy (non-hydrogen) atoms. The van der Waals surface area contributed by atoms with Gasteiger partial charge in [-0.1, -0.05) is 120 Å². The molecule has 0 saturated heterocycles. The van der Waals surface area contributed by atoms with E-state index in [1.54, 1.807) is 7.11 Å². The van der Waals surface area contributed by atoms with Crippen LogP contribution in [-0.2, 0) is 28.8 Å². The van der Waals surface area contributed by atoms with Gasteiger partial charge in [0.15, 0.2) is 0 Å². The van der Waals surface area contributed by atoms with Crippen molar-refractivity contribution in [3.8, 4) is 11.1 Å². The van der Waals surface area contributed by atoms with Crippen molar-refractivity contribution >= 4 is 18.7 Å². The van der Waals surface area contributed by atoms with Gasteiger partial charge in [-0.15, -0.1) is 0 Å². The molecule has 1 unspecified atom stereocenters. The summed E-state index contributed by atoms with van der Waals surface area (Å²) in [5, 5.41) is 1.82. The molecule has 4 rings (SSSR count). The Labute approximate surface area is 263 Å². The van der Waals surface area contributed by atoms with Crippen molar-refractivity contribution in [3.63, 3.8) is 0 Å². The molecule has 1 aromatic heterocycles. The molecule has 0 aliphatic rings. The molecule has 1 heterocycles. The van der Waals surface area contributed by atoms with Crippen LogP contribution in [0.25, 0.3) is 11.1 Å². The van der Waals surface area contributed by atoms with Gasteiger partial charge in [-0.2, -0.15) is 0 Å². The first-order valence-corrected chi connectivity index (χ1v) is 18.0. The van der Waals surface area contributed by atoms with Crippen LogP contribution in [0, 0.1) is 5.82 Å². The van der Waals surface area contributed by atoms with E-state index in [1.165, 1.54) is 12.1 Å². The number of alkyl halides is 1. The Morgan fingerprint density at radius 2 is 1.39 bits per heavy atom. The number of ether oxygens (including phenoxy) is 1. The molecule has 0 saturated carbocycles. The molecule has 0 aliphatic heterocycles. The zero-order valence-electron chi connectivity index (χ0n) is 26.9. The molecule has 0 aliphatic carbocycles. The van der Waals surface area contributed by atoms with Crippen molar-refractivity contribution in [2.24, 2.45) is 0 Å². The third-order valence-corrected chi connectivity index (χ3v) is 12.5. The van der Waals surface area contributed by atoms with E-state index in [0.717, 1.165) is 69.7 Å². The van der Waals surface area contributed by atoms with Crippen LogP contribution in [0.4, 0.5) is 8.78 Å². The average Bonchev–Trinajstić information content (AvgIpc) is 3.04. The summed E-state index contributed by atoms with van der Waals surface area (Å²) in [5.74, 6) is -1.36. The second-order valence-electron chi connectivity index (χ2n) is 11.8. The first-order valence-electron chi connectivity index (χ1n) is 16.1. The number of benzene rings is 3. The number of methoxy groups -OCH3 is 1. The summed E-state index contributed by atoms with van der Waals surface area (Å²) < 4.78 is 43.9. The van der Waals surface area contributed by atoms with Gasteiger partial charge < -0.3 is 9.16 Å². The van der Waals surface area contributed by atoms with Crippen molar-refractivity contribution < 1.29 is 17.9 Å². The van der Waals surface area contributed by atoms with E-state index in [1.807, 2.05) is 79.7 Å². The molecule has 3 aromatic carbocycles. The van der Waals surface area contributed by atoms with Crippen LogP contribution in [-0.4, -0.2) is 26.2 Å². The lowest BCUT2D eigenvalue weighted by molar-refractivity contribution is 0.180. The van der Waals surface area contributed by atoms with Gasteiger partial charge >= 0.3 is 0 Å². The van der Waals surface area contributed by atoms with Crippen molar-refractivity contribution in [2.75, 3.05) is 7.11 Å². The monoisotopic (exact) mass is 615 g/mol. The number of nitrogens with zero attached hydrogens (tertiary/aromatic N) is 1. The summed E-state index contributed by atoms with van der Waals surface area (Å²) in [4.78, 5) is 5.21. The van der Waals surface area contributed by atoms with Gasteiger partial charge in [0.05, 0.1) is 18.9 Å². The molecule has 0 spiro atoms. The summed E-state index contributed by atoms with van der Waals surface area (Å²) in [5.41, 5.74) is 5.79. The van der Waals surface area contributed by atoms with Crippen LogP contribution in [0.5, 0.6) is 0 Å². The predicted molar refractivity (Wildman–Crippen MR) is 180 cm³/mol. The fourth-order valence-electron chi connectivity index (χ4n) is 6.20. The Hall–Kier alpha value is -3.19. The first kappa shape index (κ1) is 33.7. The molecule has 0 N–H and O–H groups in total. The van der Waals surface area contributed by atoms with Crippen LogP contribution < -0.4 is 10.4 Å². The topological polar surface area (TPSA) is 31.4 Å². The lowest BCUT2D eigenvalue weighted by Gasteiger charge is -2.36. The summed E-state index contributed by atoms with van der Waals surface area (Å²) in [6.45, 7) is 9.04. The van der Waals surface area contributed by atoms with Gasteiger partial charge in [-0.3, -0.25) is 4.98 Å². The predicted octanol–water partition coefficient (Wildman–Crippen LogP) is 8.84. The van der Waals surface area contributed by atoms with Crippen LogP contribution in [0.3, 0.4) is 0 Å². The third kappa shape index (κ3) is 7.53. The SMILES string of the molecule is CCCCCc1c(COC)nc(C(C)C)c(CO[Si](c2ccccc2)(c2ccccc2)C(F)CCC)c1-c1ccc(F)cc1. The largest absolute Gasteiger partial charge is 0.401 e. The maximum atomic E-state index is 16.8. The summed E-state index contributed by atoms with van der Waals surface area (Å²) in [6, 6.07) is 26.6. The molecule has 0 bridgehead atoms. The number of hydrogen-bond acceptors (Lipinski definition) is 3. The number of pyridine rings is 1. The van der Waals surface area contributed by atoms with Crippen LogP contribution in [0.2, 0.25) is 0 Å². The Kier molecular flexibility index (Phi) is 12.4. The molecule has 4 aromatic rings. The minimum Gasteiger partial charge on any atom is -0.401 e. The fourth-order valence-corrected chi connectivity index (χ4v) is 10.2. The highest BCUT2D eigenvalue weighted by atomic mass is 28.4. The maximum absolute atomic E-state index is 16.8. The van der Waals surface area contributed by atoms with Crippen molar-refractivity contribution in [2.45, 2.75) is 91.1 Å². The van der Waals surface area contributed by atoms with E-state index in [4.69, 9.17) is 14.1 Å². The summed E-state index contributed by atoms with van der Waals surface area (Å²) in [6.07, 6.45) is 5.12. The van der Waals surface area contributed by atoms with E-state index in [9.17, 15) is 4.39 Å². The number of halogens is 2. The highest BCUT2D eigenvalue weighted by Gasteiger charge is 2.48. The van der Waals surface area contributed by atoms with Crippen LogP contribution in [0.15, 0.2) is 84.9 Å². The molecular formula is C38H47F2NO2Si. The van der Waals surface area contributed by atoms with Crippen LogP contribution >= 0.6 is 0 Å². The summed E-state index contributed by atoms with van der Waals surface area (Å²) >= 11 is 0. The lowest BCUT2D eigenvalue weighted by Crippen LogP contribution is -2.67. The molecule has 0 radical (unpaired) electrons. The maximum Gasteiger partial charge on any atom is 0.290 e. The molecule has 234 valence electrons. The Morgan fingerprint density at radius 3 is 1.91 bits per heavy atom. The number of unbranched alkanes of at least 4 members (excludes halogenated alkanes) is 2. The number of hydrogen-bond donors (Lipinski definition) is 0. The van der Waals surface area contributed by atoms with Gasteiger partial charge in [0, 0.05) is 18.4 Å². The van der Waals surface area contributed by atoms with E-state index in [2.05, 4.69) is 20.8 Å². The van der Waals surface area contributed by atoms with Gasteiger partial charge in [0.1, 0.15) is 11.6 Å². The van der Waals surface area contributed by atoms with Crippen LogP contribution in [0.1, 0.15) is 88.2 Å². The van der Waals surface area contributed by atoms with Gasteiger partial charge in [-0.25, -0.2) is 8.78 Å². The fraction of sp³-hybridized carbons (Fsp3) is 0.395. The molecular weight excluding hydrogens is 569 g/mol. The number of rotatable bonds is 16. The molecule has 3 nitrogen and oxygen atoms in total. The minimum absolute atomic E-state index is 0.0782.